The van der Waals surface area contributed by atoms with Crippen molar-refractivity contribution < 1.29 is 4.79 Å². The fraction of sp³-hybridized carbons (Fsp3) is 0.447. The monoisotopic (exact) mass is 619 g/mol. The number of amides is 1. The van der Waals surface area contributed by atoms with Gasteiger partial charge in [-0.05, 0) is 126 Å². The molecular formula is C38H45N5OS. The highest BCUT2D eigenvalue weighted by molar-refractivity contribution is 7.22. The number of hydrogen-bond acceptors (Lipinski definition) is 5. The molecule has 2 aromatic heterocycles. The first-order chi connectivity index (χ1) is 21.7. The summed E-state index contributed by atoms with van der Waals surface area (Å²) in [6, 6.07) is 12.5. The second-order valence-corrected chi connectivity index (χ2v) is 14.9. The molecule has 0 aliphatic heterocycles. The summed E-state index contributed by atoms with van der Waals surface area (Å²) in [5.41, 5.74) is 8.12. The topological polar surface area (TPSA) is 82.7 Å². The molecule has 3 aromatic rings. The Morgan fingerprint density at radius 3 is 2.47 bits per heavy atom. The lowest BCUT2D eigenvalue weighted by Crippen LogP contribution is -2.48. The number of nitrogens with zero attached hydrogens (tertiary/aromatic N) is 3. The third-order valence-electron chi connectivity index (χ3n) is 10.3. The minimum absolute atomic E-state index is 0.131. The summed E-state index contributed by atoms with van der Waals surface area (Å²) in [5, 5.41) is 17.1. The normalized spacial score (nSPS) is 23.8. The van der Waals surface area contributed by atoms with Crippen LogP contribution in [0.15, 0.2) is 72.0 Å². The van der Waals surface area contributed by atoms with Crippen molar-refractivity contribution in [3.8, 4) is 6.07 Å². The summed E-state index contributed by atoms with van der Waals surface area (Å²) in [5.74, 6) is 2.55. The quantitative estimate of drug-likeness (QED) is 0.166. The Hall–Kier alpha value is -3.89. The largest absolute Gasteiger partial charge is 0.385 e. The lowest BCUT2D eigenvalue weighted by Gasteiger charge is -2.57. The van der Waals surface area contributed by atoms with Crippen molar-refractivity contribution in [3.05, 3.63) is 88.9 Å². The van der Waals surface area contributed by atoms with Gasteiger partial charge in [-0.25, -0.2) is 4.98 Å². The molecule has 7 heteroatoms. The second kappa shape index (κ2) is 12.8. The highest BCUT2D eigenvalue weighted by Gasteiger charge is 2.51. The molecule has 0 spiro atoms. The van der Waals surface area contributed by atoms with Crippen LogP contribution in [-0.2, 0) is 11.3 Å². The van der Waals surface area contributed by atoms with Gasteiger partial charge in [0.25, 0.3) is 5.91 Å². The van der Waals surface area contributed by atoms with Gasteiger partial charge in [0, 0.05) is 35.6 Å². The molecule has 45 heavy (non-hydrogen) atoms. The maximum atomic E-state index is 12.9. The number of allylic oxidation sites excluding steroid dienone is 5. The van der Waals surface area contributed by atoms with E-state index in [4.69, 9.17) is 0 Å². The molecule has 4 saturated carbocycles. The minimum Gasteiger partial charge on any atom is -0.385 e. The highest BCUT2D eigenvalue weighted by Crippen LogP contribution is 2.60. The van der Waals surface area contributed by atoms with E-state index in [1.165, 1.54) is 61.1 Å². The van der Waals surface area contributed by atoms with Gasteiger partial charge in [0.15, 0.2) is 5.13 Å². The molecule has 0 atom stereocenters. The van der Waals surface area contributed by atoms with Gasteiger partial charge in [-0.2, -0.15) is 5.26 Å². The van der Waals surface area contributed by atoms with Gasteiger partial charge in [0.2, 0.25) is 0 Å². The minimum atomic E-state index is -0.131. The third kappa shape index (κ3) is 6.58. The molecular weight excluding hydrogens is 575 g/mol. The van der Waals surface area contributed by atoms with E-state index < -0.39 is 0 Å². The van der Waals surface area contributed by atoms with E-state index in [9.17, 15) is 10.1 Å². The third-order valence-corrected chi connectivity index (χ3v) is 11.3. The molecule has 4 aliphatic carbocycles. The fourth-order valence-corrected chi connectivity index (χ4v) is 9.51. The number of benzene rings is 1. The Labute approximate surface area is 271 Å². The van der Waals surface area contributed by atoms with E-state index in [2.05, 4.69) is 65.7 Å². The molecule has 0 radical (unpaired) electrons. The Morgan fingerprint density at radius 2 is 1.84 bits per heavy atom. The van der Waals surface area contributed by atoms with Gasteiger partial charge in [-0.15, -0.1) is 0 Å². The van der Waals surface area contributed by atoms with Crippen molar-refractivity contribution in [3.63, 3.8) is 0 Å². The van der Waals surface area contributed by atoms with Crippen LogP contribution in [0.25, 0.3) is 15.8 Å². The van der Waals surface area contributed by atoms with E-state index in [1.54, 1.807) is 0 Å². The number of carbonyl (C=O) groups is 1. The molecule has 2 N–H and O–H groups in total. The van der Waals surface area contributed by atoms with Gasteiger partial charge >= 0.3 is 0 Å². The van der Waals surface area contributed by atoms with E-state index in [0.29, 0.717) is 29.1 Å². The van der Waals surface area contributed by atoms with Crippen molar-refractivity contribution in [1.82, 2.24) is 14.9 Å². The zero-order valence-electron chi connectivity index (χ0n) is 27.1. The maximum absolute atomic E-state index is 12.9. The number of nitrogens with one attached hydrogen (secondary N) is 2. The molecule has 0 saturated heterocycles. The Kier molecular flexibility index (Phi) is 8.88. The number of rotatable bonds is 11. The van der Waals surface area contributed by atoms with Crippen LogP contribution in [0.5, 0.6) is 0 Å². The molecule has 4 fully saturated rings. The number of aromatic nitrogens is 2. The smallest absolute Gasteiger partial charge is 0.253 e. The first-order valence-electron chi connectivity index (χ1n) is 16.4. The molecule has 7 rings (SSSR count). The van der Waals surface area contributed by atoms with Gasteiger partial charge in [-0.1, -0.05) is 47.8 Å². The summed E-state index contributed by atoms with van der Waals surface area (Å²) in [6.45, 7) is 14.1. The average molecular weight is 620 g/mol. The maximum Gasteiger partial charge on any atom is 0.253 e. The number of hydrogen-bond donors (Lipinski definition) is 2. The van der Waals surface area contributed by atoms with Crippen LogP contribution in [0.2, 0.25) is 0 Å². The van der Waals surface area contributed by atoms with Crippen molar-refractivity contribution in [2.75, 3.05) is 11.9 Å². The van der Waals surface area contributed by atoms with Crippen LogP contribution in [0.4, 0.5) is 5.13 Å². The molecule has 4 aliphatic rings. The number of carbonyl (C=O) groups excluding carboxylic acids is 1. The molecule has 6 nitrogen and oxygen atoms in total. The Balaban J connectivity index is 1.08. The predicted octanol–water partition coefficient (Wildman–Crippen LogP) is 8.92. The molecule has 0 unspecified atom stereocenters. The summed E-state index contributed by atoms with van der Waals surface area (Å²) < 4.78 is 3.37. The lowest BCUT2D eigenvalue weighted by atomic mass is 9.49. The van der Waals surface area contributed by atoms with Crippen LogP contribution in [0.3, 0.4) is 0 Å². The lowest BCUT2D eigenvalue weighted by molar-refractivity contribution is -0.113. The summed E-state index contributed by atoms with van der Waals surface area (Å²) >= 11 is 1.48. The summed E-state index contributed by atoms with van der Waals surface area (Å²) in [4.78, 5) is 17.4. The Bertz CT molecular complexity index is 1690. The SMILES string of the molecule is C=C(/C=C\C(=C(C)C)c1cc(C#N)n(CC23CC4CC(CC(C4)C2)C3)c1C)NCC/C(=C\C)C(=O)Nc1nc2ccccc2s1. The van der Waals surface area contributed by atoms with E-state index >= 15 is 0 Å². The molecule has 234 valence electrons. The van der Waals surface area contributed by atoms with Crippen molar-refractivity contribution in [2.45, 2.75) is 79.2 Å². The number of anilines is 1. The van der Waals surface area contributed by atoms with Crippen LogP contribution >= 0.6 is 11.3 Å². The molecule has 1 aromatic carbocycles. The van der Waals surface area contributed by atoms with Gasteiger partial charge < -0.3 is 9.88 Å². The van der Waals surface area contributed by atoms with Crippen molar-refractivity contribution >= 4 is 38.2 Å². The van der Waals surface area contributed by atoms with E-state index in [1.807, 2.05) is 43.3 Å². The zero-order chi connectivity index (χ0) is 31.7. The summed E-state index contributed by atoms with van der Waals surface area (Å²) in [6.07, 6.45) is 14.8. The van der Waals surface area contributed by atoms with Crippen LogP contribution in [-0.4, -0.2) is 22.0 Å². The highest BCUT2D eigenvalue weighted by atomic mass is 32.1. The van der Waals surface area contributed by atoms with Crippen molar-refractivity contribution in [2.24, 2.45) is 23.2 Å². The first-order valence-corrected chi connectivity index (χ1v) is 17.2. The molecule has 1 amide bonds. The molecule has 4 bridgehead atoms. The van der Waals surface area contributed by atoms with Gasteiger partial charge in [0.1, 0.15) is 11.8 Å². The van der Waals surface area contributed by atoms with Crippen LogP contribution < -0.4 is 10.6 Å². The van der Waals surface area contributed by atoms with E-state index in [0.717, 1.165) is 57.0 Å². The first kappa shape index (κ1) is 31.1. The van der Waals surface area contributed by atoms with E-state index in [-0.39, 0.29) is 5.91 Å². The number of para-hydroxylation sites is 1. The van der Waals surface area contributed by atoms with Crippen LogP contribution in [0.1, 0.15) is 82.7 Å². The number of fused-ring (bicyclic) bond motifs is 1. The zero-order valence-corrected chi connectivity index (χ0v) is 27.9. The molecule has 2 heterocycles. The number of thiazole rings is 1. The predicted molar refractivity (Wildman–Crippen MR) is 186 cm³/mol. The Morgan fingerprint density at radius 1 is 1.16 bits per heavy atom. The summed E-state index contributed by atoms with van der Waals surface area (Å²) in [7, 11) is 0. The van der Waals surface area contributed by atoms with Crippen molar-refractivity contribution in [1.29, 1.82) is 5.26 Å². The van der Waals surface area contributed by atoms with Gasteiger partial charge in [0.05, 0.1) is 10.2 Å². The fourth-order valence-electron chi connectivity index (χ4n) is 8.65. The second-order valence-electron chi connectivity index (χ2n) is 13.8. The average Bonchev–Trinajstić information content (AvgIpc) is 3.54. The van der Waals surface area contributed by atoms with Gasteiger partial charge in [-0.3, -0.25) is 10.1 Å². The number of nitriles is 1. The van der Waals surface area contributed by atoms with Crippen LogP contribution in [0, 0.1) is 41.4 Å². The standard InChI is InChI=1S/C38H45N5OS/c1-6-30(36(44)42-37-41-34-9-7-8-10-35(34)45-37)13-14-40-25(4)11-12-32(24(2)3)33-18-31(22-39)43(26(33)5)23-38-19-27-15-28(20-38)17-29(16-27)21-38/h6-12,18,27-29,40H,4,13-17,19-21,23H2,1-3,5H3,(H,41,42,44)/b12-11-,30-6+.